The molecule has 3 heterocycles. The summed E-state index contributed by atoms with van der Waals surface area (Å²) in [6, 6.07) is 17.8. The molecule has 7 nitrogen and oxygen atoms in total. The van der Waals surface area contributed by atoms with Gasteiger partial charge in [0.2, 0.25) is 11.9 Å². The van der Waals surface area contributed by atoms with E-state index < -0.39 is 0 Å². The van der Waals surface area contributed by atoms with Crippen molar-refractivity contribution in [3.05, 3.63) is 77.6 Å². The highest BCUT2D eigenvalue weighted by atomic mass is 35.5. The summed E-state index contributed by atoms with van der Waals surface area (Å²) in [6.07, 6.45) is 3.48. The lowest BCUT2D eigenvalue weighted by molar-refractivity contribution is -0.128. The number of rotatable bonds is 6. The maximum atomic E-state index is 13.0. The van der Waals surface area contributed by atoms with E-state index >= 15 is 0 Å². The van der Waals surface area contributed by atoms with Crippen molar-refractivity contribution in [2.24, 2.45) is 0 Å². The maximum absolute atomic E-state index is 13.0. The number of fused-ring (bicyclic) bond motifs is 1. The van der Waals surface area contributed by atoms with Crippen molar-refractivity contribution < 1.29 is 4.79 Å². The number of carbonyl (C=O) groups excluding carboxylic acids is 1. The lowest BCUT2D eigenvalue weighted by Crippen LogP contribution is -2.49. The van der Waals surface area contributed by atoms with Crippen LogP contribution in [0.1, 0.15) is 5.56 Å². The molecule has 0 N–H and O–H groups in total. The van der Waals surface area contributed by atoms with Gasteiger partial charge in [-0.1, -0.05) is 53.7 Å². The first-order valence-electron chi connectivity index (χ1n) is 10.8. The molecule has 1 amide bonds. The fraction of sp³-hybridized carbons (Fsp3) is 0.250. The Hall–Kier alpha value is -3.10. The third-order valence-electron chi connectivity index (χ3n) is 5.65. The van der Waals surface area contributed by atoms with Crippen LogP contribution in [0.15, 0.2) is 72.1 Å². The molecule has 0 aliphatic carbocycles. The van der Waals surface area contributed by atoms with Gasteiger partial charge in [-0.05, 0) is 29.8 Å². The predicted molar refractivity (Wildman–Crippen MR) is 132 cm³/mol. The molecule has 1 aliphatic heterocycles. The molecule has 1 aliphatic rings. The van der Waals surface area contributed by atoms with E-state index in [1.54, 1.807) is 18.5 Å². The summed E-state index contributed by atoms with van der Waals surface area (Å²) in [7, 11) is 0. The third kappa shape index (κ3) is 4.96. The second-order valence-electron chi connectivity index (χ2n) is 7.80. The van der Waals surface area contributed by atoms with E-state index in [4.69, 9.17) is 16.6 Å². The SMILES string of the molecule is O=C(CSc1nc2cc(Cl)ccc2n1Cc1ccccc1)N1CCN(c2ncccn2)CC1. The number of imidazole rings is 1. The van der Waals surface area contributed by atoms with Crippen LogP contribution < -0.4 is 4.90 Å². The van der Waals surface area contributed by atoms with E-state index in [9.17, 15) is 4.79 Å². The maximum Gasteiger partial charge on any atom is 0.233 e. The summed E-state index contributed by atoms with van der Waals surface area (Å²) < 4.78 is 2.16. The molecule has 0 spiro atoms. The molecule has 2 aromatic carbocycles. The fourth-order valence-corrected chi connectivity index (χ4v) is 5.02. The van der Waals surface area contributed by atoms with Gasteiger partial charge >= 0.3 is 0 Å². The highest BCUT2D eigenvalue weighted by molar-refractivity contribution is 7.99. The van der Waals surface area contributed by atoms with E-state index in [0.29, 0.717) is 36.4 Å². The molecule has 5 rings (SSSR count). The Bertz CT molecular complexity index is 1240. The summed E-state index contributed by atoms with van der Waals surface area (Å²) in [6.45, 7) is 3.46. The van der Waals surface area contributed by atoms with Gasteiger partial charge in [0.1, 0.15) is 0 Å². The number of amides is 1. The number of hydrogen-bond acceptors (Lipinski definition) is 6. The lowest BCUT2D eigenvalue weighted by atomic mass is 10.2. The molecule has 4 aromatic rings. The van der Waals surface area contributed by atoms with Crippen LogP contribution in [-0.4, -0.2) is 62.3 Å². The Balaban J connectivity index is 1.27. The summed E-state index contributed by atoms with van der Waals surface area (Å²) in [5.74, 6) is 1.17. The van der Waals surface area contributed by atoms with Gasteiger partial charge in [0.05, 0.1) is 23.3 Å². The van der Waals surface area contributed by atoms with Crippen LogP contribution in [0.5, 0.6) is 0 Å². The summed E-state index contributed by atoms with van der Waals surface area (Å²) in [4.78, 5) is 30.4. The number of halogens is 1. The van der Waals surface area contributed by atoms with Crippen LogP contribution in [0.25, 0.3) is 11.0 Å². The molecule has 0 atom stereocenters. The molecule has 9 heteroatoms. The third-order valence-corrected chi connectivity index (χ3v) is 6.85. The highest BCUT2D eigenvalue weighted by Gasteiger charge is 2.23. The number of aromatic nitrogens is 4. The minimum absolute atomic E-state index is 0.116. The van der Waals surface area contributed by atoms with E-state index in [-0.39, 0.29) is 5.91 Å². The molecule has 0 radical (unpaired) electrons. The molecule has 0 saturated carbocycles. The van der Waals surface area contributed by atoms with Gasteiger partial charge < -0.3 is 14.4 Å². The van der Waals surface area contributed by atoms with Gasteiger partial charge in [0, 0.05) is 43.6 Å². The summed E-state index contributed by atoms with van der Waals surface area (Å²) >= 11 is 7.67. The smallest absolute Gasteiger partial charge is 0.233 e. The summed E-state index contributed by atoms with van der Waals surface area (Å²) in [5.41, 5.74) is 3.03. The lowest BCUT2D eigenvalue weighted by Gasteiger charge is -2.34. The molecule has 1 fully saturated rings. The second kappa shape index (κ2) is 9.80. The van der Waals surface area contributed by atoms with Crippen molar-refractivity contribution in [1.82, 2.24) is 24.4 Å². The first-order valence-corrected chi connectivity index (χ1v) is 12.2. The van der Waals surface area contributed by atoms with E-state index in [0.717, 1.165) is 29.3 Å². The topological polar surface area (TPSA) is 67.2 Å². The number of benzene rings is 2. The monoisotopic (exact) mass is 478 g/mol. The first kappa shape index (κ1) is 21.7. The zero-order valence-electron chi connectivity index (χ0n) is 18.0. The number of nitrogens with zero attached hydrogens (tertiary/aromatic N) is 6. The van der Waals surface area contributed by atoms with E-state index in [1.807, 2.05) is 41.3 Å². The first-order chi connectivity index (χ1) is 16.2. The van der Waals surface area contributed by atoms with Crippen molar-refractivity contribution in [3.63, 3.8) is 0 Å². The minimum atomic E-state index is 0.116. The van der Waals surface area contributed by atoms with Gasteiger partial charge in [-0.3, -0.25) is 4.79 Å². The van der Waals surface area contributed by atoms with Crippen molar-refractivity contribution in [3.8, 4) is 0 Å². The van der Waals surface area contributed by atoms with Crippen LogP contribution >= 0.6 is 23.4 Å². The predicted octanol–water partition coefficient (Wildman–Crippen LogP) is 3.97. The zero-order chi connectivity index (χ0) is 22.6. The van der Waals surface area contributed by atoms with Crippen molar-refractivity contribution in [1.29, 1.82) is 0 Å². The van der Waals surface area contributed by atoms with Gasteiger partial charge in [-0.2, -0.15) is 0 Å². The largest absolute Gasteiger partial charge is 0.338 e. The molecule has 33 heavy (non-hydrogen) atoms. The molecular weight excluding hydrogens is 456 g/mol. The van der Waals surface area contributed by atoms with Gasteiger partial charge in [0.25, 0.3) is 0 Å². The zero-order valence-corrected chi connectivity index (χ0v) is 19.5. The molecule has 1 saturated heterocycles. The Labute approximate surface area is 201 Å². The molecule has 2 aromatic heterocycles. The quantitative estimate of drug-likeness (QED) is 0.391. The van der Waals surface area contributed by atoms with Crippen molar-refractivity contribution in [2.45, 2.75) is 11.7 Å². The molecular formula is C24H23ClN6OS. The van der Waals surface area contributed by atoms with Crippen molar-refractivity contribution in [2.75, 3.05) is 36.8 Å². The van der Waals surface area contributed by atoms with Crippen LogP contribution in [0.2, 0.25) is 5.02 Å². The van der Waals surface area contributed by atoms with E-state index in [1.165, 1.54) is 17.3 Å². The number of piperazine rings is 1. The van der Waals surface area contributed by atoms with Gasteiger partial charge in [0.15, 0.2) is 5.16 Å². The average molecular weight is 479 g/mol. The van der Waals surface area contributed by atoms with Crippen LogP contribution in [0.4, 0.5) is 5.95 Å². The number of thioether (sulfide) groups is 1. The van der Waals surface area contributed by atoms with Crippen LogP contribution in [-0.2, 0) is 11.3 Å². The minimum Gasteiger partial charge on any atom is -0.338 e. The summed E-state index contributed by atoms with van der Waals surface area (Å²) in [5, 5.41) is 1.47. The molecule has 0 bridgehead atoms. The number of anilines is 1. The molecule has 168 valence electrons. The highest BCUT2D eigenvalue weighted by Crippen LogP contribution is 2.27. The van der Waals surface area contributed by atoms with Gasteiger partial charge in [-0.25, -0.2) is 15.0 Å². The molecule has 0 unspecified atom stereocenters. The average Bonchev–Trinajstić information content (AvgIpc) is 3.20. The second-order valence-corrected chi connectivity index (χ2v) is 9.18. The Kier molecular flexibility index (Phi) is 6.46. The van der Waals surface area contributed by atoms with E-state index in [2.05, 4.69) is 31.6 Å². The Morgan fingerprint density at radius 1 is 0.970 bits per heavy atom. The van der Waals surface area contributed by atoms with Crippen LogP contribution in [0.3, 0.4) is 0 Å². The normalized spacial score (nSPS) is 14.1. The standard InChI is InChI=1S/C24H23ClN6OS/c25-19-7-8-21-20(15-19)28-24(31(21)16-18-5-2-1-3-6-18)33-17-22(32)29-11-13-30(14-12-29)23-26-9-4-10-27-23/h1-10,15H,11-14,16-17H2. The number of carbonyl (C=O) groups is 1. The fourth-order valence-electron chi connectivity index (χ4n) is 3.94. The van der Waals surface area contributed by atoms with Crippen molar-refractivity contribution >= 4 is 46.3 Å². The van der Waals surface area contributed by atoms with Gasteiger partial charge in [-0.15, -0.1) is 0 Å². The van der Waals surface area contributed by atoms with Crippen LogP contribution in [0, 0.1) is 0 Å². The Morgan fingerprint density at radius 2 is 1.73 bits per heavy atom. The Morgan fingerprint density at radius 3 is 2.48 bits per heavy atom. The number of hydrogen-bond donors (Lipinski definition) is 0.